The van der Waals surface area contributed by atoms with Gasteiger partial charge in [-0.25, -0.2) is 0 Å². The first-order chi connectivity index (χ1) is 7.92. The van der Waals surface area contributed by atoms with Crippen molar-refractivity contribution in [1.82, 2.24) is 4.90 Å². The van der Waals surface area contributed by atoms with Gasteiger partial charge in [0.2, 0.25) is 0 Å². The molecule has 1 unspecified atom stereocenters. The van der Waals surface area contributed by atoms with E-state index in [-0.39, 0.29) is 0 Å². The highest BCUT2D eigenvalue weighted by Gasteiger charge is 2.17. The molecule has 104 valence electrons. The van der Waals surface area contributed by atoms with Gasteiger partial charge in [-0.1, -0.05) is 41.5 Å². The van der Waals surface area contributed by atoms with E-state index in [0.717, 1.165) is 24.9 Å². The van der Waals surface area contributed by atoms with E-state index in [1.807, 2.05) is 0 Å². The molecule has 0 aliphatic carbocycles. The Bertz CT molecular complexity index is 174. The normalized spacial score (nSPS) is 14.3. The highest BCUT2D eigenvalue weighted by atomic mass is 15.2. The summed E-state index contributed by atoms with van der Waals surface area (Å²) >= 11 is 0. The molecule has 2 N–H and O–H groups in total. The first kappa shape index (κ1) is 16.9. The van der Waals surface area contributed by atoms with E-state index in [9.17, 15) is 0 Å². The molecule has 0 aromatic heterocycles. The Hall–Kier alpha value is -0.0800. The minimum Gasteiger partial charge on any atom is -0.327 e. The molecule has 0 bridgehead atoms. The number of rotatable bonds is 9. The molecule has 2 heteroatoms. The zero-order valence-electron chi connectivity index (χ0n) is 12.9. The van der Waals surface area contributed by atoms with Crippen LogP contribution in [0.2, 0.25) is 0 Å². The summed E-state index contributed by atoms with van der Waals surface area (Å²) < 4.78 is 0. The van der Waals surface area contributed by atoms with E-state index in [1.165, 1.54) is 19.4 Å². The van der Waals surface area contributed by atoms with Gasteiger partial charge in [-0.2, -0.15) is 0 Å². The van der Waals surface area contributed by atoms with Crippen LogP contribution < -0.4 is 5.73 Å². The van der Waals surface area contributed by atoms with Crippen LogP contribution in [0.25, 0.3) is 0 Å². The fraction of sp³-hybridized carbons (Fsp3) is 1.00. The van der Waals surface area contributed by atoms with Crippen LogP contribution in [0.15, 0.2) is 0 Å². The van der Waals surface area contributed by atoms with Crippen molar-refractivity contribution in [2.45, 2.75) is 72.9 Å². The number of hydrogen-bond donors (Lipinski definition) is 1. The highest BCUT2D eigenvalue weighted by molar-refractivity contribution is 4.74. The predicted molar refractivity (Wildman–Crippen MR) is 78.2 cm³/mol. The average molecular weight is 242 g/mol. The van der Waals surface area contributed by atoms with Crippen molar-refractivity contribution < 1.29 is 0 Å². The Morgan fingerprint density at radius 2 is 1.53 bits per heavy atom. The summed E-state index contributed by atoms with van der Waals surface area (Å²) in [6, 6.07) is 1.08. The smallest absolute Gasteiger partial charge is 0.00901 e. The van der Waals surface area contributed by atoms with Crippen molar-refractivity contribution in [3.8, 4) is 0 Å². The second kappa shape index (κ2) is 8.93. The van der Waals surface area contributed by atoms with Crippen molar-refractivity contribution in [1.29, 1.82) is 0 Å². The minimum atomic E-state index is 0.346. The number of hydrogen-bond acceptors (Lipinski definition) is 2. The van der Waals surface area contributed by atoms with E-state index in [2.05, 4.69) is 46.4 Å². The third kappa shape index (κ3) is 7.05. The van der Waals surface area contributed by atoms with Crippen molar-refractivity contribution in [2.24, 2.45) is 17.6 Å². The summed E-state index contributed by atoms with van der Waals surface area (Å²) in [7, 11) is 0. The van der Waals surface area contributed by atoms with Gasteiger partial charge in [-0.3, -0.25) is 0 Å². The SMILES string of the molecule is CCC(CC)N(CCC(N)C(C)C)CC(C)C. The van der Waals surface area contributed by atoms with E-state index >= 15 is 0 Å². The van der Waals surface area contributed by atoms with E-state index in [4.69, 9.17) is 5.73 Å². The summed E-state index contributed by atoms with van der Waals surface area (Å²) in [5, 5.41) is 0. The zero-order valence-corrected chi connectivity index (χ0v) is 12.9. The third-order valence-corrected chi connectivity index (χ3v) is 3.66. The van der Waals surface area contributed by atoms with Crippen molar-refractivity contribution in [3.05, 3.63) is 0 Å². The topological polar surface area (TPSA) is 29.3 Å². The molecule has 0 aromatic rings. The van der Waals surface area contributed by atoms with Gasteiger partial charge in [-0.05, 0) is 37.6 Å². The fourth-order valence-electron chi connectivity index (χ4n) is 2.35. The van der Waals surface area contributed by atoms with Gasteiger partial charge in [-0.15, -0.1) is 0 Å². The molecule has 0 saturated carbocycles. The molecule has 2 nitrogen and oxygen atoms in total. The van der Waals surface area contributed by atoms with Gasteiger partial charge in [0.1, 0.15) is 0 Å². The Labute approximate surface area is 109 Å². The second-order valence-electron chi connectivity index (χ2n) is 6.06. The standard InChI is InChI=1S/C15H34N2/c1-7-14(8-2)17(11-12(3)4)10-9-15(16)13(5)6/h12-15H,7-11,16H2,1-6H3. The molecule has 0 heterocycles. The molecule has 0 amide bonds. The van der Waals surface area contributed by atoms with E-state index in [1.54, 1.807) is 0 Å². The van der Waals surface area contributed by atoms with Crippen molar-refractivity contribution >= 4 is 0 Å². The molecule has 0 fully saturated rings. The van der Waals surface area contributed by atoms with Crippen LogP contribution in [0, 0.1) is 11.8 Å². The first-order valence-electron chi connectivity index (χ1n) is 7.41. The molecule has 0 spiro atoms. The predicted octanol–water partition coefficient (Wildman–Crippen LogP) is 3.51. The van der Waals surface area contributed by atoms with Crippen LogP contribution >= 0.6 is 0 Å². The molecule has 0 saturated heterocycles. The Balaban J connectivity index is 4.27. The first-order valence-corrected chi connectivity index (χ1v) is 7.41. The van der Waals surface area contributed by atoms with Gasteiger partial charge in [0, 0.05) is 18.6 Å². The summed E-state index contributed by atoms with van der Waals surface area (Å²) in [4.78, 5) is 2.65. The molecule has 0 aliphatic heterocycles. The Morgan fingerprint density at radius 1 is 1.00 bits per heavy atom. The van der Waals surface area contributed by atoms with Crippen molar-refractivity contribution in [2.75, 3.05) is 13.1 Å². The molecular weight excluding hydrogens is 208 g/mol. The monoisotopic (exact) mass is 242 g/mol. The Morgan fingerprint density at radius 3 is 1.88 bits per heavy atom. The lowest BCUT2D eigenvalue weighted by molar-refractivity contribution is 0.157. The van der Waals surface area contributed by atoms with Gasteiger partial charge >= 0.3 is 0 Å². The molecule has 1 atom stereocenters. The summed E-state index contributed by atoms with van der Waals surface area (Å²) in [5.41, 5.74) is 6.15. The largest absolute Gasteiger partial charge is 0.327 e. The van der Waals surface area contributed by atoms with Crippen LogP contribution in [0.4, 0.5) is 0 Å². The number of nitrogens with zero attached hydrogens (tertiary/aromatic N) is 1. The molecule has 0 aliphatic rings. The highest BCUT2D eigenvalue weighted by Crippen LogP contribution is 2.13. The molecule has 0 rings (SSSR count). The summed E-state index contributed by atoms with van der Waals surface area (Å²) in [5.74, 6) is 1.34. The molecular formula is C15H34N2. The second-order valence-corrected chi connectivity index (χ2v) is 6.06. The third-order valence-electron chi connectivity index (χ3n) is 3.66. The summed E-state index contributed by atoms with van der Waals surface area (Å²) in [6.45, 7) is 16.0. The minimum absolute atomic E-state index is 0.346. The zero-order chi connectivity index (χ0) is 13.4. The van der Waals surface area contributed by atoms with Gasteiger partial charge < -0.3 is 10.6 Å². The summed E-state index contributed by atoms with van der Waals surface area (Å²) in [6.07, 6.45) is 3.63. The van der Waals surface area contributed by atoms with Crippen LogP contribution in [-0.4, -0.2) is 30.1 Å². The lowest BCUT2D eigenvalue weighted by Crippen LogP contribution is -2.41. The van der Waals surface area contributed by atoms with Crippen LogP contribution in [0.5, 0.6) is 0 Å². The fourth-order valence-corrected chi connectivity index (χ4v) is 2.35. The Kier molecular flexibility index (Phi) is 8.89. The van der Waals surface area contributed by atoms with Crippen LogP contribution in [0.3, 0.4) is 0 Å². The van der Waals surface area contributed by atoms with Crippen LogP contribution in [0.1, 0.15) is 60.8 Å². The lowest BCUT2D eigenvalue weighted by atomic mass is 10.0. The number of nitrogens with two attached hydrogens (primary N) is 1. The maximum absolute atomic E-state index is 6.15. The quantitative estimate of drug-likeness (QED) is 0.670. The maximum Gasteiger partial charge on any atom is 0.00901 e. The van der Waals surface area contributed by atoms with Crippen LogP contribution in [-0.2, 0) is 0 Å². The average Bonchev–Trinajstić information content (AvgIpc) is 2.25. The van der Waals surface area contributed by atoms with Gasteiger partial charge in [0.25, 0.3) is 0 Å². The van der Waals surface area contributed by atoms with E-state index < -0.39 is 0 Å². The lowest BCUT2D eigenvalue weighted by Gasteiger charge is -2.33. The molecule has 0 radical (unpaired) electrons. The van der Waals surface area contributed by atoms with Crippen molar-refractivity contribution in [3.63, 3.8) is 0 Å². The van der Waals surface area contributed by atoms with Gasteiger partial charge in [0.15, 0.2) is 0 Å². The van der Waals surface area contributed by atoms with E-state index in [0.29, 0.717) is 12.0 Å². The maximum atomic E-state index is 6.15. The molecule has 0 aromatic carbocycles. The van der Waals surface area contributed by atoms with Gasteiger partial charge in [0.05, 0.1) is 0 Å². The molecule has 17 heavy (non-hydrogen) atoms.